The second kappa shape index (κ2) is 7.31. The highest BCUT2D eigenvalue weighted by Gasteiger charge is 2.28. The van der Waals surface area contributed by atoms with E-state index in [0.717, 1.165) is 19.3 Å². The Morgan fingerprint density at radius 2 is 1.93 bits per heavy atom. The molecule has 1 saturated carbocycles. The van der Waals surface area contributed by atoms with E-state index in [1.807, 2.05) is 6.07 Å². The van der Waals surface area contributed by atoms with Crippen LogP contribution in [-0.4, -0.2) is 24.1 Å². The summed E-state index contributed by atoms with van der Waals surface area (Å²) >= 11 is 0. The van der Waals surface area contributed by atoms with Gasteiger partial charge in [-0.3, -0.25) is 4.79 Å². The van der Waals surface area contributed by atoms with Crippen LogP contribution in [0, 0.1) is 0 Å². The lowest BCUT2D eigenvalue weighted by molar-refractivity contribution is -0.122. The van der Waals surface area contributed by atoms with Gasteiger partial charge < -0.3 is 20.7 Å². The van der Waals surface area contributed by atoms with Gasteiger partial charge in [0.2, 0.25) is 0 Å². The van der Waals surface area contributed by atoms with E-state index in [1.165, 1.54) is 5.56 Å². The number of para-hydroxylation sites is 1. The highest BCUT2D eigenvalue weighted by molar-refractivity contribution is 6.01. The summed E-state index contributed by atoms with van der Waals surface area (Å²) in [6.07, 6.45) is 2.38. The smallest absolute Gasteiger partial charge is 0.319 e. The minimum Gasteiger partial charge on any atom is -0.477 e. The normalized spacial score (nSPS) is 23.7. The molecule has 140 valence electrons. The molecule has 1 heterocycles. The summed E-state index contributed by atoms with van der Waals surface area (Å²) in [4.78, 5) is 24.2. The van der Waals surface area contributed by atoms with E-state index in [-0.39, 0.29) is 18.0 Å². The SMILES string of the molecule is C[C@H]1Oc2c(NC(=O)N[C@H]3CC[C@@H](c4ccccc4)C3)cccc2NC1=O. The number of rotatable bonds is 3. The summed E-state index contributed by atoms with van der Waals surface area (Å²) in [5.74, 6) is 0.788. The fourth-order valence-corrected chi connectivity index (χ4v) is 3.81. The standard InChI is InChI=1S/C21H23N3O3/c1-13-20(25)23-17-8-5-9-18(19(17)27-13)24-21(26)22-16-11-10-15(12-16)14-6-3-2-4-7-14/h2-9,13,15-16H,10-12H2,1H3,(H,23,25)(H2,22,24,26)/t13-,15-,16+/m1/s1. The van der Waals surface area contributed by atoms with Crippen molar-refractivity contribution in [3.63, 3.8) is 0 Å². The molecule has 27 heavy (non-hydrogen) atoms. The molecule has 0 bridgehead atoms. The maximum absolute atomic E-state index is 12.5. The van der Waals surface area contributed by atoms with Gasteiger partial charge in [-0.25, -0.2) is 4.79 Å². The molecule has 2 aliphatic rings. The number of hydrogen-bond acceptors (Lipinski definition) is 3. The number of hydrogen-bond donors (Lipinski definition) is 3. The second-order valence-corrected chi connectivity index (χ2v) is 7.15. The van der Waals surface area contributed by atoms with Gasteiger partial charge in [-0.15, -0.1) is 0 Å². The number of carbonyl (C=O) groups excluding carboxylic acids is 2. The molecule has 4 rings (SSSR count). The third kappa shape index (κ3) is 3.74. The number of anilines is 2. The molecule has 3 atom stereocenters. The summed E-state index contributed by atoms with van der Waals surface area (Å²) in [5, 5.41) is 8.71. The first kappa shape index (κ1) is 17.4. The summed E-state index contributed by atoms with van der Waals surface area (Å²) < 4.78 is 5.67. The van der Waals surface area contributed by atoms with Gasteiger partial charge in [0.05, 0.1) is 11.4 Å². The number of ether oxygens (including phenoxy) is 1. The van der Waals surface area contributed by atoms with Gasteiger partial charge in [0.25, 0.3) is 5.91 Å². The number of amides is 3. The van der Waals surface area contributed by atoms with E-state index in [9.17, 15) is 9.59 Å². The summed E-state index contributed by atoms with van der Waals surface area (Å²) in [6.45, 7) is 1.68. The zero-order valence-electron chi connectivity index (χ0n) is 15.2. The number of carbonyl (C=O) groups is 2. The van der Waals surface area contributed by atoms with Crippen LogP contribution in [0.2, 0.25) is 0 Å². The molecule has 1 aliphatic carbocycles. The summed E-state index contributed by atoms with van der Waals surface area (Å²) in [7, 11) is 0. The van der Waals surface area contributed by atoms with E-state index in [0.29, 0.717) is 23.0 Å². The average molecular weight is 365 g/mol. The Hall–Kier alpha value is -3.02. The quantitative estimate of drug-likeness (QED) is 0.773. The number of nitrogens with one attached hydrogen (secondary N) is 3. The van der Waals surface area contributed by atoms with Crippen LogP contribution in [0.25, 0.3) is 0 Å². The Balaban J connectivity index is 1.38. The van der Waals surface area contributed by atoms with Crippen LogP contribution in [0.4, 0.5) is 16.2 Å². The van der Waals surface area contributed by atoms with Crippen molar-refractivity contribution in [3.8, 4) is 5.75 Å². The molecule has 6 heteroatoms. The average Bonchev–Trinajstić information content (AvgIpc) is 3.12. The Morgan fingerprint density at radius 3 is 2.74 bits per heavy atom. The van der Waals surface area contributed by atoms with Crippen LogP contribution < -0.4 is 20.7 Å². The van der Waals surface area contributed by atoms with E-state index in [4.69, 9.17) is 4.74 Å². The number of urea groups is 1. The molecule has 0 aromatic heterocycles. The lowest BCUT2D eigenvalue weighted by atomic mass is 9.98. The van der Waals surface area contributed by atoms with E-state index in [1.54, 1.807) is 25.1 Å². The van der Waals surface area contributed by atoms with Gasteiger partial charge in [0.15, 0.2) is 11.9 Å². The highest BCUT2D eigenvalue weighted by Crippen LogP contribution is 2.37. The Labute approximate surface area is 158 Å². The highest BCUT2D eigenvalue weighted by atomic mass is 16.5. The monoisotopic (exact) mass is 365 g/mol. The first-order chi connectivity index (χ1) is 13.1. The van der Waals surface area contributed by atoms with Crippen molar-refractivity contribution in [1.29, 1.82) is 0 Å². The van der Waals surface area contributed by atoms with Gasteiger partial charge in [-0.2, -0.15) is 0 Å². The molecule has 0 unspecified atom stereocenters. The van der Waals surface area contributed by atoms with E-state index in [2.05, 4.69) is 40.2 Å². The van der Waals surface area contributed by atoms with Crippen LogP contribution in [0.3, 0.4) is 0 Å². The van der Waals surface area contributed by atoms with Crippen molar-refractivity contribution in [1.82, 2.24) is 5.32 Å². The van der Waals surface area contributed by atoms with Crippen LogP contribution >= 0.6 is 0 Å². The molecule has 0 spiro atoms. The predicted molar refractivity (Wildman–Crippen MR) is 104 cm³/mol. The molecule has 6 nitrogen and oxygen atoms in total. The molecule has 3 amide bonds. The van der Waals surface area contributed by atoms with Crippen molar-refractivity contribution < 1.29 is 14.3 Å². The topological polar surface area (TPSA) is 79.5 Å². The molecule has 1 fully saturated rings. The predicted octanol–water partition coefficient (Wildman–Crippen LogP) is 3.86. The molecule has 0 saturated heterocycles. The minimum atomic E-state index is -0.593. The van der Waals surface area contributed by atoms with Crippen molar-refractivity contribution in [2.45, 2.75) is 44.2 Å². The first-order valence-electron chi connectivity index (χ1n) is 9.33. The second-order valence-electron chi connectivity index (χ2n) is 7.15. The van der Waals surface area contributed by atoms with Crippen molar-refractivity contribution in [3.05, 3.63) is 54.1 Å². The lowest BCUT2D eigenvalue weighted by Crippen LogP contribution is -2.37. The van der Waals surface area contributed by atoms with Crippen LogP contribution in [-0.2, 0) is 4.79 Å². The molecular formula is C21H23N3O3. The molecule has 1 aliphatic heterocycles. The number of fused-ring (bicyclic) bond motifs is 1. The zero-order chi connectivity index (χ0) is 18.8. The van der Waals surface area contributed by atoms with Crippen molar-refractivity contribution in [2.24, 2.45) is 0 Å². The molecule has 0 radical (unpaired) electrons. The van der Waals surface area contributed by atoms with Crippen LogP contribution in [0.15, 0.2) is 48.5 Å². The van der Waals surface area contributed by atoms with E-state index >= 15 is 0 Å². The van der Waals surface area contributed by atoms with Crippen molar-refractivity contribution in [2.75, 3.05) is 10.6 Å². The molecule has 2 aromatic rings. The third-order valence-corrected chi connectivity index (χ3v) is 5.22. The van der Waals surface area contributed by atoms with Gasteiger partial charge in [-0.1, -0.05) is 36.4 Å². The Bertz CT molecular complexity index is 853. The Morgan fingerprint density at radius 1 is 1.11 bits per heavy atom. The summed E-state index contributed by atoms with van der Waals surface area (Å²) in [5.41, 5.74) is 2.45. The maximum atomic E-state index is 12.5. The van der Waals surface area contributed by atoms with Gasteiger partial charge in [0.1, 0.15) is 0 Å². The van der Waals surface area contributed by atoms with Gasteiger partial charge in [-0.05, 0) is 49.8 Å². The zero-order valence-corrected chi connectivity index (χ0v) is 15.2. The largest absolute Gasteiger partial charge is 0.477 e. The van der Waals surface area contributed by atoms with Gasteiger partial charge in [0, 0.05) is 6.04 Å². The fourth-order valence-electron chi connectivity index (χ4n) is 3.81. The lowest BCUT2D eigenvalue weighted by Gasteiger charge is -2.25. The van der Waals surface area contributed by atoms with Gasteiger partial charge >= 0.3 is 6.03 Å². The first-order valence-corrected chi connectivity index (χ1v) is 9.33. The van der Waals surface area contributed by atoms with Crippen molar-refractivity contribution >= 4 is 23.3 Å². The molecule has 2 aromatic carbocycles. The van der Waals surface area contributed by atoms with Crippen LogP contribution in [0.1, 0.15) is 37.7 Å². The fraction of sp³-hybridized carbons (Fsp3) is 0.333. The third-order valence-electron chi connectivity index (χ3n) is 5.22. The Kier molecular flexibility index (Phi) is 4.71. The van der Waals surface area contributed by atoms with Crippen LogP contribution in [0.5, 0.6) is 5.75 Å². The minimum absolute atomic E-state index is 0.147. The molecule has 3 N–H and O–H groups in total. The maximum Gasteiger partial charge on any atom is 0.319 e. The molecular weight excluding hydrogens is 342 g/mol. The summed E-state index contributed by atoms with van der Waals surface area (Å²) in [6, 6.07) is 15.6. The van der Waals surface area contributed by atoms with E-state index < -0.39 is 6.10 Å². The number of benzene rings is 2.